The summed E-state index contributed by atoms with van der Waals surface area (Å²) in [6.45, 7) is 1.66. The number of nitrogens with two attached hydrogens (primary N) is 1. The van der Waals surface area contributed by atoms with Gasteiger partial charge in [-0.25, -0.2) is 19.3 Å². The molecule has 150 valence electrons. The lowest BCUT2D eigenvalue weighted by molar-refractivity contribution is 0.480. The summed E-state index contributed by atoms with van der Waals surface area (Å²) < 4.78 is 14.2. The zero-order valence-corrected chi connectivity index (χ0v) is 16.5. The molecule has 1 saturated heterocycles. The molecule has 4 aromatic rings. The fraction of sp³-hybridized carbons (Fsp3) is 0.208. The second kappa shape index (κ2) is 7.71. The number of fused-ring (bicyclic) bond motifs is 1. The van der Waals surface area contributed by atoms with Crippen LogP contribution in [0, 0.1) is 5.82 Å². The van der Waals surface area contributed by atoms with E-state index in [1.165, 1.54) is 0 Å². The first-order valence-corrected chi connectivity index (χ1v) is 10.1. The van der Waals surface area contributed by atoms with Gasteiger partial charge in [-0.15, -0.1) is 0 Å². The van der Waals surface area contributed by atoms with Crippen LogP contribution >= 0.6 is 0 Å². The first-order valence-electron chi connectivity index (χ1n) is 10.1. The number of pyridine rings is 1. The molecule has 3 heterocycles. The summed E-state index contributed by atoms with van der Waals surface area (Å²) in [5, 5.41) is 1.01. The summed E-state index contributed by atoms with van der Waals surface area (Å²) in [4.78, 5) is 15.4. The maximum absolute atomic E-state index is 14.2. The van der Waals surface area contributed by atoms with Crippen molar-refractivity contribution in [2.45, 2.75) is 18.8 Å². The fourth-order valence-electron chi connectivity index (χ4n) is 4.31. The zero-order chi connectivity index (χ0) is 20.5. The molecule has 2 aromatic carbocycles. The number of aromatic nitrogens is 3. The van der Waals surface area contributed by atoms with E-state index in [1.54, 1.807) is 24.7 Å². The van der Waals surface area contributed by atoms with Gasteiger partial charge in [0.25, 0.3) is 0 Å². The number of piperidine rings is 1. The Kier molecular flexibility index (Phi) is 4.75. The first-order chi connectivity index (χ1) is 14.7. The average molecular weight is 399 g/mol. The molecular formula is C24H22FN5. The summed E-state index contributed by atoms with van der Waals surface area (Å²) in [6.07, 6.45) is 5.12. The Morgan fingerprint density at radius 3 is 2.50 bits per heavy atom. The van der Waals surface area contributed by atoms with Gasteiger partial charge in [0.15, 0.2) is 0 Å². The molecule has 6 heteroatoms. The van der Waals surface area contributed by atoms with Crippen molar-refractivity contribution in [2.24, 2.45) is 0 Å². The Morgan fingerprint density at radius 2 is 1.70 bits per heavy atom. The lowest BCUT2D eigenvalue weighted by Gasteiger charge is -2.33. The molecule has 0 unspecified atom stereocenters. The number of hydrogen-bond donors (Lipinski definition) is 1. The molecule has 5 rings (SSSR count). The summed E-state index contributed by atoms with van der Waals surface area (Å²) in [7, 11) is 0. The van der Waals surface area contributed by atoms with Crippen LogP contribution in [0.5, 0.6) is 0 Å². The van der Waals surface area contributed by atoms with Gasteiger partial charge in [0.1, 0.15) is 23.8 Å². The molecule has 0 spiro atoms. The van der Waals surface area contributed by atoms with E-state index in [1.807, 2.05) is 36.4 Å². The van der Waals surface area contributed by atoms with Crippen molar-refractivity contribution in [2.75, 3.05) is 23.7 Å². The molecular weight excluding hydrogens is 377 g/mol. The van der Waals surface area contributed by atoms with Gasteiger partial charge in [0.05, 0.1) is 5.52 Å². The Labute approximate surface area is 174 Å². The highest BCUT2D eigenvalue weighted by Crippen LogP contribution is 2.34. The van der Waals surface area contributed by atoms with E-state index in [0.29, 0.717) is 5.82 Å². The van der Waals surface area contributed by atoms with Crippen LogP contribution in [0.4, 0.5) is 16.0 Å². The number of benzene rings is 2. The minimum atomic E-state index is -0.107. The minimum absolute atomic E-state index is 0.107. The maximum Gasteiger partial charge on any atom is 0.139 e. The standard InChI is InChI=1S/C24H22FN5/c25-21-4-2-1-3-19(21)16-8-11-30(12-9-16)24-20-13-17(5-6-22(20)28-15-29-24)18-7-10-27-23(26)14-18/h1-7,10,13-16H,8-9,11-12H2,(H2,26,27). The van der Waals surface area contributed by atoms with Crippen molar-refractivity contribution >= 4 is 22.5 Å². The highest BCUT2D eigenvalue weighted by Gasteiger charge is 2.24. The first kappa shape index (κ1) is 18.5. The smallest absolute Gasteiger partial charge is 0.139 e. The lowest BCUT2D eigenvalue weighted by atomic mass is 9.89. The van der Waals surface area contributed by atoms with Crippen molar-refractivity contribution in [1.82, 2.24) is 15.0 Å². The fourth-order valence-corrected chi connectivity index (χ4v) is 4.31. The van der Waals surface area contributed by atoms with Crippen LogP contribution in [0.15, 0.2) is 67.1 Å². The van der Waals surface area contributed by atoms with Crippen LogP contribution in [-0.2, 0) is 0 Å². The van der Waals surface area contributed by atoms with E-state index in [-0.39, 0.29) is 11.7 Å². The second-order valence-electron chi connectivity index (χ2n) is 7.68. The maximum atomic E-state index is 14.2. The van der Waals surface area contributed by atoms with E-state index in [0.717, 1.165) is 59.3 Å². The molecule has 0 amide bonds. The van der Waals surface area contributed by atoms with Crippen molar-refractivity contribution in [3.8, 4) is 11.1 Å². The van der Waals surface area contributed by atoms with Gasteiger partial charge >= 0.3 is 0 Å². The van der Waals surface area contributed by atoms with Crippen molar-refractivity contribution in [3.63, 3.8) is 0 Å². The van der Waals surface area contributed by atoms with Crippen LogP contribution in [0.2, 0.25) is 0 Å². The van der Waals surface area contributed by atoms with Crippen LogP contribution < -0.4 is 10.6 Å². The van der Waals surface area contributed by atoms with Gasteiger partial charge in [-0.2, -0.15) is 0 Å². The second-order valence-corrected chi connectivity index (χ2v) is 7.68. The Balaban J connectivity index is 1.45. The van der Waals surface area contributed by atoms with E-state index in [9.17, 15) is 4.39 Å². The summed E-state index contributed by atoms with van der Waals surface area (Å²) in [5.41, 5.74) is 9.64. The lowest BCUT2D eigenvalue weighted by Crippen LogP contribution is -2.33. The quantitative estimate of drug-likeness (QED) is 0.536. The van der Waals surface area contributed by atoms with E-state index >= 15 is 0 Å². The Morgan fingerprint density at radius 1 is 0.900 bits per heavy atom. The number of hydrogen-bond acceptors (Lipinski definition) is 5. The van der Waals surface area contributed by atoms with Gasteiger partial charge in [-0.3, -0.25) is 0 Å². The predicted molar refractivity (Wildman–Crippen MR) is 118 cm³/mol. The monoisotopic (exact) mass is 399 g/mol. The van der Waals surface area contributed by atoms with Gasteiger partial charge in [-0.1, -0.05) is 24.3 Å². The van der Waals surface area contributed by atoms with E-state index in [2.05, 4.69) is 25.9 Å². The molecule has 0 saturated carbocycles. The largest absolute Gasteiger partial charge is 0.384 e. The Bertz CT molecular complexity index is 1200. The van der Waals surface area contributed by atoms with Gasteiger partial charge in [0.2, 0.25) is 0 Å². The topological polar surface area (TPSA) is 67.9 Å². The summed E-state index contributed by atoms with van der Waals surface area (Å²) in [5.74, 6) is 1.55. The number of nitrogen functional groups attached to an aromatic ring is 1. The Hall–Kier alpha value is -3.54. The molecule has 0 bridgehead atoms. The molecule has 1 aliphatic heterocycles. The van der Waals surface area contributed by atoms with Crippen LogP contribution in [0.3, 0.4) is 0 Å². The molecule has 2 aromatic heterocycles. The molecule has 2 N–H and O–H groups in total. The SMILES string of the molecule is Nc1cc(-c2ccc3ncnc(N4CCC(c5ccccc5F)CC4)c3c2)ccn1. The van der Waals surface area contributed by atoms with Crippen molar-refractivity contribution < 1.29 is 4.39 Å². The zero-order valence-electron chi connectivity index (χ0n) is 16.5. The highest BCUT2D eigenvalue weighted by molar-refractivity contribution is 5.93. The van der Waals surface area contributed by atoms with Crippen LogP contribution in [0.1, 0.15) is 24.3 Å². The normalized spacial score (nSPS) is 14.9. The number of halogens is 1. The van der Waals surface area contributed by atoms with E-state index < -0.39 is 0 Å². The molecule has 1 aliphatic rings. The summed E-state index contributed by atoms with van der Waals surface area (Å²) >= 11 is 0. The van der Waals surface area contributed by atoms with Gasteiger partial charge in [-0.05, 0) is 65.8 Å². The molecule has 5 nitrogen and oxygen atoms in total. The third-order valence-corrected chi connectivity index (χ3v) is 5.87. The number of rotatable bonds is 3. The van der Waals surface area contributed by atoms with Crippen LogP contribution in [-0.4, -0.2) is 28.0 Å². The van der Waals surface area contributed by atoms with Crippen molar-refractivity contribution in [1.29, 1.82) is 0 Å². The highest BCUT2D eigenvalue weighted by atomic mass is 19.1. The number of nitrogens with zero attached hydrogens (tertiary/aromatic N) is 4. The van der Waals surface area contributed by atoms with E-state index in [4.69, 9.17) is 5.73 Å². The van der Waals surface area contributed by atoms with Gasteiger partial charge < -0.3 is 10.6 Å². The molecule has 0 radical (unpaired) electrons. The molecule has 0 atom stereocenters. The van der Waals surface area contributed by atoms with Gasteiger partial charge in [0, 0.05) is 24.7 Å². The van der Waals surface area contributed by atoms with Crippen LogP contribution in [0.25, 0.3) is 22.0 Å². The molecule has 30 heavy (non-hydrogen) atoms. The summed E-state index contributed by atoms with van der Waals surface area (Å²) in [6, 6.07) is 17.1. The number of anilines is 2. The third-order valence-electron chi connectivity index (χ3n) is 5.87. The average Bonchev–Trinajstić information content (AvgIpc) is 2.79. The predicted octanol–water partition coefficient (Wildman–Crippen LogP) is 4.80. The minimum Gasteiger partial charge on any atom is -0.384 e. The third kappa shape index (κ3) is 3.45. The van der Waals surface area contributed by atoms with Crippen molar-refractivity contribution in [3.05, 3.63) is 78.5 Å². The molecule has 1 fully saturated rings. The molecule has 0 aliphatic carbocycles.